The van der Waals surface area contributed by atoms with E-state index in [9.17, 15) is 4.79 Å². The Balaban J connectivity index is 2.08. The van der Waals surface area contributed by atoms with Crippen molar-refractivity contribution in [2.24, 2.45) is 0 Å². The molecule has 2 aliphatic heterocycles. The molecule has 2 saturated heterocycles. The molecule has 2 heterocycles. The van der Waals surface area contributed by atoms with Gasteiger partial charge in [0, 0.05) is 0 Å². The molecule has 11 heavy (non-hydrogen) atoms. The van der Waals surface area contributed by atoms with Crippen molar-refractivity contribution in [1.29, 1.82) is 0 Å². The summed E-state index contributed by atoms with van der Waals surface area (Å²) in [6.45, 7) is 0. The van der Waals surface area contributed by atoms with E-state index >= 15 is 0 Å². The van der Waals surface area contributed by atoms with Gasteiger partial charge in [-0.25, -0.2) is 0 Å². The van der Waals surface area contributed by atoms with Crippen LogP contribution in [0.4, 0.5) is 0 Å². The lowest BCUT2D eigenvalue weighted by molar-refractivity contribution is -0.140. The molecular weight excluding hydrogens is 146 g/mol. The lowest BCUT2D eigenvalue weighted by Gasteiger charge is -2.18. The van der Waals surface area contributed by atoms with Crippen LogP contribution in [-0.4, -0.2) is 29.4 Å². The lowest BCUT2D eigenvalue weighted by Crippen LogP contribution is -2.38. The summed E-state index contributed by atoms with van der Waals surface area (Å²) in [5, 5.41) is 11.6. The molecule has 2 rings (SSSR count). The number of fused-ring (bicyclic) bond motifs is 2. The molecule has 0 aromatic heterocycles. The highest BCUT2D eigenvalue weighted by Gasteiger charge is 2.41. The zero-order valence-electron chi connectivity index (χ0n) is 6.12. The Hall–Kier alpha value is -0.610. The average Bonchev–Trinajstić information content (AvgIpc) is 2.27. The molecule has 2 fully saturated rings. The normalized spacial score (nSPS) is 42.4. The van der Waals surface area contributed by atoms with Crippen LogP contribution >= 0.6 is 0 Å². The molecule has 0 aromatic carbocycles. The molecule has 1 unspecified atom stereocenters. The number of carbonyl (C=O) groups is 1. The van der Waals surface area contributed by atoms with E-state index in [4.69, 9.17) is 9.84 Å². The van der Waals surface area contributed by atoms with Gasteiger partial charge in [-0.05, 0) is 19.3 Å². The number of rotatable bonds is 1. The van der Waals surface area contributed by atoms with E-state index in [-0.39, 0.29) is 12.3 Å². The summed E-state index contributed by atoms with van der Waals surface area (Å²) in [6.07, 6.45) is 2.80. The van der Waals surface area contributed by atoms with Crippen molar-refractivity contribution in [3.8, 4) is 0 Å². The van der Waals surface area contributed by atoms with Crippen LogP contribution in [0.25, 0.3) is 0 Å². The minimum absolute atomic E-state index is 0.00477. The van der Waals surface area contributed by atoms with Crippen molar-refractivity contribution in [2.75, 3.05) is 0 Å². The number of nitrogens with one attached hydrogen (secondary N) is 1. The molecule has 62 valence electrons. The maximum absolute atomic E-state index is 10.6. The monoisotopic (exact) mass is 157 g/mol. The first-order valence-electron chi connectivity index (χ1n) is 3.91. The molecule has 2 aliphatic rings. The molecule has 0 spiro atoms. The first-order chi connectivity index (χ1) is 5.27. The molecule has 2 bridgehead atoms. The van der Waals surface area contributed by atoms with Gasteiger partial charge in [-0.15, -0.1) is 0 Å². The zero-order chi connectivity index (χ0) is 7.84. The van der Waals surface area contributed by atoms with E-state index in [1.54, 1.807) is 0 Å². The second-order valence-electron chi connectivity index (χ2n) is 3.08. The first kappa shape index (κ1) is 7.06. The molecular formula is C7H11NO3. The van der Waals surface area contributed by atoms with E-state index in [1.807, 2.05) is 0 Å². The van der Waals surface area contributed by atoms with Gasteiger partial charge in [0.05, 0.1) is 6.10 Å². The van der Waals surface area contributed by atoms with Crippen LogP contribution in [0.1, 0.15) is 19.3 Å². The van der Waals surface area contributed by atoms with Crippen molar-refractivity contribution in [1.82, 2.24) is 5.32 Å². The molecule has 3 atom stereocenters. The van der Waals surface area contributed by atoms with Crippen LogP contribution < -0.4 is 5.32 Å². The van der Waals surface area contributed by atoms with Crippen LogP contribution in [-0.2, 0) is 9.53 Å². The molecule has 2 N–H and O–H groups in total. The molecule has 4 nitrogen and oxygen atoms in total. The van der Waals surface area contributed by atoms with E-state index in [2.05, 4.69) is 5.32 Å². The fourth-order valence-corrected chi connectivity index (χ4v) is 1.76. The zero-order valence-corrected chi connectivity index (χ0v) is 6.12. The second-order valence-corrected chi connectivity index (χ2v) is 3.08. The Bertz CT molecular complexity index is 183. The number of hydrogen-bond donors (Lipinski definition) is 2. The van der Waals surface area contributed by atoms with Crippen LogP contribution in [0.3, 0.4) is 0 Å². The lowest BCUT2D eigenvalue weighted by atomic mass is 10.1. The third-order valence-corrected chi connectivity index (χ3v) is 2.30. The van der Waals surface area contributed by atoms with E-state index in [0.29, 0.717) is 0 Å². The Kier molecular flexibility index (Phi) is 1.58. The summed E-state index contributed by atoms with van der Waals surface area (Å²) in [6, 6.07) is -0.470. The minimum atomic E-state index is -0.792. The maximum Gasteiger partial charge on any atom is 0.323 e. The summed E-state index contributed by atoms with van der Waals surface area (Å²) in [4.78, 5) is 10.6. The summed E-state index contributed by atoms with van der Waals surface area (Å²) < 4.78 is 5.38. The molecule has 0 aliphatic carbocycles. The van der Waals surface area contributed by atoms with Crippen molar-refractivity contribution < 1.29 is 14.6 Å². The van der Waals surface area contributed by atoms with E-state index in [0.717, 1.165) is 19.3 Å². The molecule has 4 heteroatoms. The molecule has 0 saturated carbocycles. The van der Waals surface area contributed by atoms with E-state index < -0.39 is 12.0 Å². The largest absolute Gasteiger partial charge is 0.480 e. The van der Waals surface area contributed by atoms with Crippen LogP contribution in [0.15, 0.2) is 0 Å². The van der Waals surface area contributed by atoms with Gasteiger partial charge in [0.1, 0.15) is 12.3 Å². The van der Waals surface area contributed by atoms with Crippen molar-refractivity contribution in [3.05, 3.63) is 0 Å². The number of carboxylic acids is 1. The predicted molar refractivity (Wildman–Crippen MR) is 37.1 cm³/mol. The van der Waals surface area contributed by atoms with E-state index in [1.165, 1.54) is 0 Å². The highest BCUT2D eigenvalue weighted by molar-refractivity contribution is 5.74. The highest BCUT2D eigenvalue weighted by Crippen LogP contribution is 2.26. The number of ether oxygens (including phenoxy) is 1. The van der Waals surface area contributed by atoms with Gasteiger partial charge in [0.15, 0.2) is 0 Å². The third kappa shape index (κ3) is 1.12. The Labute approximate surface area is 64.5 Å². The predicted octanol–water partition coefficient (Wildman–Crippen LogP) is -0.0620. The summed E-state index contributed by atoms with van der Waals surface area (Å²) >= 11 is 0. The summed E-state index contributed by atoms with van der Waals surface area (Å²) in [5.74, 6) is -0.792. The standard InChI is InChI=1S/C7H11NO3/c9-7(10)6-4-2-1-3-5(8-6)11-4/h4-6,8H,1-3H2,(H,9,10)/t4-,5+,6?/m1/s1. The summed E-state index contributed by atoms with van der Waals surface area (Å²) in [7, 11) is 0. The molecule has 0 aromatic rings. The SMILES string of the molecule is O=C(O)C1N[C@@H]2CCC[C@H]1O2. The van der Waals surface area contributed by atoms with Gasteiger partial charge >= 0.3 is 5.97 Å². The Morgan fingerprint density at radius 2 is 2.36 bits per heavy atom. The Morgan fingerprint density at radius 3 is 3.00 bits per heavy atom. The fraction of sp³-hybridized carbons (Fsp3) is 0.857. The second kappa shape index (κ2) is 2.46. The van der Waals surface area contributed by atoms with Crippen LogP contribution in [0, 0.1) is 0 Å². The maximum atomic E-state index is 10.6. The third-order valence-electron chi connectivity index (χ3n) is 2.30. The molecule has 0 radical (unpaired) electrons. The van der Waals surface area contributed by atoms with Gasteiger partial charge in [-0.3, -0.25) is 10.1 Å². The minimum Gasteiger partial charge on any atom is -0.480 e. The average molecular weight is 157 g/mol. The quantitative estimate of drug-likeness (QED) is 0.559. The first-order valence-corrected chi connectivity index (χ1v) is 3.91. The van der Waals surface area contributed by atoms with Crippen LogP contribution in [0.5, 0.6) is 0 Å². The smallest absolute Gasteiger partial charge is 0.323 e. The number of aliphatic carboxylic acids is 1. The summed E-state index contributed by atoms with van der Waals surface area (Å²) in [5.41, 5.74) is 0. The Morgan fingerprint density at radius 1 is 1.55 bits per heavy atom. The molecule has 0 amide bonds. The highest BCUT2D eigenvalue weighted by atomic mass is 16.5. The van der Waals surface area contributed by atoms with Crippen molar-refractivity contribution in [2.45, 2.75) is 37.6 Å². The van der Waals surface area contributed by atoms with Gasteiger partial charge in [0.2, 0.25) is 0 Å². The van der Waals surface area contributed by atoms with Gasteiger partial charge in [0.25, 0.3) is 0 Å². The fourth-order valence-electron chi connectivity index (χ4n) is 1.76. The van der Waals surface area contributed by atoms with Crippen molar-refractivity contribution >= 4 is 5.97 Å². The topological polar surface area (TPSA) is 58.6 Å². The van der Waals surface area contributed by atoms with Gasteiger partial charge in [-0.1, -0.05) is 0 Å². The number of hydrogen-bond acceptors (Lipinski definition) is 3. The van der Waals surface area contributed by atoms with Crippen LogP contribution in [0.2, 0.25) is 0 Å². The van der Waals surface area contributed by atoms with Crippen molar-refractivity contribution in [3.63, 3.8) is 0 Å². The number of carboxylic acid groups (broad SMARTS) is 1. The van der Waals surface area contributed by atoms with Gasteiger partial charge < -0.3 is 9.84 Å². The van der Waals surface area contributed by atoms with Gasteiger partial charge in [-0.2, -0.15) is 0 Å².